The summed E-state index contributed by atoms with van der Waals surface area (Å²) in [6, 6.07) is 7.81. The first-order chi connectivity index (χ1) is 11.5. The van der Waals surface area contributed by atoms with Gasteiger partial charge in [-0.15, -0.1) is 0 Å². The second-order valence-corrected chi connectivity index (χ2v) is 7.10. The summed E-state index contributed by atoms with van der Waals surface area (Å²) in [5.74, 6) is -0.545. The van der Waals surface area contributed by atoms with Crippen molar-refractivity contribution in [3.8, 4) is 0 Å². The van der Waals surface area contributed by atoms with Gasteiger partial charge in [0.25, 0.3) is 0 Å². The normalized spacial score (nSPS) is 27.3. The van der Waals surface area contributed by atoms with Gasteiger partial charge in [0.15, 0.2) is 0 Å². The van der Waals surface area contributed by atoms with Gasteiger partial charge in [0.1, 0.15) is 5.92 Å². The molecule has 130 valence electrons. The van der Waals surface area contributed by atoms with E-state index in [0.717, 1.165) is 36.9 Å². The average molecular weight is 330 g/mol. The highest BCUT2D eigenvalue weighted by Gasteiger charge is 2.37. The Balaban J connectivity index is 1.54. The second kappa shape index (κ2) is 7.34. The Kier molecular flexibility index (Phi) is 5.19. The topological polar surface area (TPSA) is 69.6 Å². The maximum absolute atomic E-state index is 12.6. The lowest BCUT2D eigenvalue weighted by Crippen LogP contribution is -2.39. The van der Waals surface area contributed by atoms with Crippen LogP contribution in [0.25, 0.3) is 0 Å². The van der Waals surface area contributed by atoms with Crippen LogP contribution in [0.3, 0.4) is 0 Å². The summed E-state index contributed by atoms with van der Waals surface area (Å²) >= 11 is 0. The summed E-state index contributed by atoms with van der Waals surface area (Å²) in [5, 5.41) is 12.6. The molecule has 1 aliphatic carbocycles. The number of benzene rings is 1. The predicted octanol–water partition coefficient (Wildman–Crippen LogP) is 2.02. The predicted molar refractivity (Wildman–Crippen MR) is 92.6 cm³/mol. The minimum Gasteiger partial charge on any atom is -0.393 e. The van der Waals surface area contributed by atoms with Gasteiger partial charge >= 0.3 is 0 Å². The first kappa shape index (κ1) is 17.0. The number of carbonyl (C=O) groups excluding carboxylic acids is 2. The molecule has 2 fully saturated rings. The lowest BCUT2D eigenvalue weighted by Gasteiger charge is -2.26. The molecular weight excluding hydrogens is 304 g/mol. The van der Waals surface area contributed by atoms with E-state index in [-0.39, 0.29) is 17.9 Å². The van der Waals surface area contributed by atoms with E-state index in [9.17, 15) is 14.7 Å². The number of aryl methyl sites for hydroxylation is 1. The molecule has 5 heteroatoms. The van der Waals surface area contributed by atoms with Crippen molar-refractivity contribution in [2.45, 2.75) is 45.1 Å². The number of amides is 2. The Morgan fingerprint density at radius 2 is 2.00 bits per heavy atom. The molecule has 1 aliphatic heterocycles. The first-order valence-corrected chi connectivity index (χ1v) is 8.88. The van der Waals surface area contributed by atoms with Gasteiger partial charge < -0.3 is 15.3 Å². The highest BCUT2D eigenvalue weighted by atomic mass is 16.3. The third kappa shape index (κ3) is 3.78. The van der Waals surface area contributed by atoms with Crippen molar-refractivity contribution >= 4 is 17.5 Å². The van der Waals surface area contributed by atoms with Crippen LogP contribution in [0.1, 0.15) is 37.7 Å². The average Bonchev–Trinajstić information content (AvgIpc) is 2.95. The molecule has 2 amide bonds. The molecule has 1 heterocycles. The number of aliphatic hydroxyl groups excluding tert-OH is 1. The molecule has 3 atom stereocenters. The number of hydrogen-bond acceptors (Lipinski definition) is 3. The fourth-order valence-corrected chi connectivity index (χ4v) is 3.72. The lowest BCUT2D eigenvalue weighted by molar-refractivity contribution is -0.132. The van der Waals surface area contributed by atoms with Crippen LogP contribution in [0, 0.1) is 18.8 Å². The molecule has 0 radical (unpaired) electrons. The molecule has 1 saturated carbocycles. The van der Waals surface area contributed by atoms with Gasteiger partial charge in [0.2, 0.25) is 11.8 Å². The zero-order valence-corrected chi connectivity index (χ0v) is 14.2. The van der Waals surface area contributed by atoms with E-state index in [1.54, 1.807) is 4.90 Å². The van der Waals surface area contributed by atoms with Gasteiger partial charge in [-0.05, 0) is 50.7 Å². The lowest BCUT2D eigenvalue weighted by atomic mass is 9.87. The van der Waals surface area contributed by atoms with Crippen molar-refractivity contribution in [3.63, 3.8) is 0 Å². The highest BCUT2D eigenvalue weighted by Crippen LogP contribution is 2.27. The van der Waals surface area contributed by atoms with Crippen molar-refractivity contribution < 1.29 is 14.7 Å². The number of hydrogen-bond donors (Lipinski definition) is 2. The van der Waals surface area contributed by atoms with Crippen LogP contribution in [0.4, 0.5) is 5.69 Å². The zero-order chi connectivity index (χ0) is 17.1. The molecule has 0 aromatic heterocycles. The van der Waals surface area contributed by atoms with E-state index in [0.29, 0.717) is 25.4 Å². The van der Waals surface area contributed by atoms with Gasteiger partial charge in [-0.2, -0.15) is 0 Å². The summed E-state index contributed by atoms with van der Waals surface area (Å²) in [5.41, 5.74) is 2.01. The smallest absolute Gasteiger partial charge is 0.239 e. The molecule has 0 bridgehead atoms. The monoisotopic (exact) mass is 330 g/mol. The number of rotatable bonds is 4. The summed E-state index contributed by atoms with van der Waals surface area (Å²) in [6.07, 6.45) is 3.96. The molecule has 1 aromatic rings. The standard InChI is InChI=1S/C19H26N2O3/c1-13-5-7-15(8-6-13)21-10-9-17(19(21)24)18(23)20-12-14-3-2-4-16(22)11-14/h5-8,14,16-17,22H,2-4,9-12H2,1H3,(H,20,23). The van der Waals surface area contributed by atoms with Gasteiger partial charge in [-0.25, -0.2) is 0 Å². The summed E-state index contributed by atoms with van der Waals surface area (Å²) in [6.45, 7) is 3.15. The Hall–Kier alpha value is -1.88. The second-order valence-electron chi connectivity index (χ2n) is 7.10. The van der Waals surface area contributed by atoms with Crippen LogP contribution < -0.4 is 10.2 Å². The van der Waals surface area contributed by atoms with Crippen molar-refractivity contribution in [3.05, 3.63) is 29.8 Å². The van der Waals surface area contributed by atoms with Crippen LogP contribution in [-0.4, -0.2) is 36.1 Å². The Morgan fingerprint density at radius 3 is 2.71 bits per heavy atom. The maximum Gasteiger partial charge on any atom is 0.239 e. The van der Waals surface area contributed by atoms with E-state index < -0.39 is 5.92 Å². The van der Waals surface area contributed by atoms with Crippen LogP contribution in [0.5, 0.6) is 0 Å². The van der Waals surface area contributed by atoms with Gasteiger partial charge in [0, 0.05) is 18.8 Å². The number of nitrogens with one attached hydrogen (secondary N) is 1. The maximum atomic E-state index is 12.6. The number of aliphatic hydroxyl groups is 1. The fraction of sp³-hybridized carbons (Fsp3) is 0.579. The molecule has 5 nitrogen and oxygen atoms in total. The SMILES string of the molecule is Cc1ccc(N2CCC(C(=O)NCC3CCCC(O)C3)C2=O)cc1. The molecule has 2 N–H and O–H groups in total. The Labute approximate surface area is 143 Å². The van der Waals surface area contributed by atoms with E-state index in [1.165, 1.54) is 0 Å². The number of anilines is 1. The molecule has 1 saturated heterocycles. The van der Waals surface area contributed by atoms with Crippen LogP contribution in [0.2, 0.25) is 0 Å². The van der Waals surface area contributed by atoms with Crippen LogP contribution in [-0.2, 0) is 9.59 Å². The summed E-state index contributed by atoms with van der Waals surface area (Å²) in [4.78, 5) is 26.7. The van der Waals surface area contributed by atoms with Gasteiger partial charge in [-0.3, -0.25) is 9.59 Å². The van der Waals surface area contributed by atoms with E-state index >= 15 is 0 Å². The summed E-state index contributed by atoms with van der Waals surface area (Å²) < 4.78 is 0. The van der Waals surface area contributed by atoms with E-state index in [1.807, 2.05) is 31.2 Å². The molecular formula is C19H26N2O3. The minimum atomic E-state index is -0.584. The van der Waals surface area contributed by atoms with Crippen molar-refractivity contribution in [1.82, 2.24) is 5.32 Å². The number of nitrogens with zero attached hydrogens (tertiary/aromatic N) is 1. The molecule has 3 rings (SSSR count). The zero-order valence-electron chi connectivity index (χ0n) is 14.2. The van der Waals surface area contributed by atoms with Gasteiger partial charge in [-0.1, -0.05) is 24.1 Å². The van der Waals surface area contributed by atoms with Crippen molar-refractivity contribution in [2.75, 3.05) is 18.0 Å². The van der Waals surface area contributed by atoms with Crippen molar-refractivity contribution in [1.29, 1.82) is 0 Å². The first-order valence-electron chi connectivity index (χ1n) is 8.88. The molecule has 2 aliphatic rings. The molecule has 0 spiro atoms. The van der Waals surface area contributed by atoms with E-state index in [4.69, 9.17) is 0 Å². The largest absolute Gasteiger partial charge is 0.393 e. The number of carbonyl (C=O) groups is 2. The molecule has 3 unspecified atom stereocenters. The fourth-order valence-electron chi connectivity index (χ4n) is 3.72. The van der Waals surface area contributed by atoms with Crippen LogP contribution in [0.15, 0.2) is 24.3 Å². The summed E-state index contributed by atoms with van der Waals surface area (Å²) in [7, 11) is 0. The highest BCUT2D eigenvalue weighted by molar-refractivity contribution is 6.09. The van der Waals surface area contributed by atoms with E-state index in [2.05, 4.69) is 5.32 Å². The minimum absolute atomic E-state index is 0.111. The Morgan fingerprint density at radius 1 is 1.25 bits per heavy atom. The van der Waals surface area contributed by atoms with Crippen molar-refractivity contribution in [2.24, 2.45) is 11.8 Å². The van der Waals surface area contributed by atoms with Crippen LogP contribution >= 0.6 is 0 Å². The molecule has 1 aromatic carbocycles. The molecule has 24 heavy (non-hydrogen) atoms. The Bertz CT molecular complexity index is 599. The third-order valence-corrected chi connectivity index (χ3v) is 5.19. The third-order valence-electron chi connectivity index (χ3n) is 5.19. The quantitative estimate of drug-likeness (QED) is 0.830. The van der Waals surface area contributed by atoms with Gasteiger partial charge in [0.05, 0.1) is 6.10 Å².